The van der Waals surface area contributed by atoms with E-state index in [1.165, 1.54) is 0 Å². The SMILES string of the molecule is COc1cc(/C=N\NCc2ccc(Cl)cc2)ccc1OCc1cccc(Cl)c1. The van der Waals surface area contributed by atoms with Gasteiger partial charge in [0, 0.05) is 10.0 Å². The van der Waals surface area contributed by atoms with Crippen molar-refractivity contribution in [3.05, 3.63) is 93.5 Å². The van der Waals surface area contributed by atoms with Crippen molar-refractivity contribution in [1.82, 2.24) is 5.43 Å². The van der Waals surface area contributed by atoms with Crippen molar-refractivity contribution in [2.75, 3.05) is 7.11 Å². The van der Waals surface area contributed by atoms with Crippen LogP contribution in [-0.2, 0) is 13.2 Å². The summed E-state index contributed by atoms with van der Waals surface area (Å²) in [5, 5.41) is 5.65. The first-order chi connectivity index (χ1) is 13.6. The molecule has 28 heavy (non-hydrogen) atoms. The van der Waals surface area contributed by atoms with Crippen LogP contribution in [0.4, 0.5) is 0 Å². The molecule has 0 bridgehead atoms. The minimum atomic E-state index is 0.410. The smallest absolute Gasteiger partial charge is 0.161 e. The van der Waals surface area contributed by atoms with Crippen LogP contribution in [0, 0.1) is 0 Å². The van der Waals surface area contributed by atoms with Crippen molar-refractivity contribution in [3.63, 3.8) is 0 Å². The Kier molecular flexibility index (Phi) is 7.18. The van der Waals surface area contributed by atoms with Crippen molar-refractivity contribution in [3.8, 4) is 11.5 Å². The molecule has 3 aromatic carbocycles. The highest BCUT2D eigenvalue weighted by Crippen LogP contribution is 2.28. The van der Waals surface area contributed by atoms with E-state index in [0.717, 1.165) is 21.7 Å². The maximum atomic E-state index is 6.01. The third kappa shape index (κ3) is 5.91. The monoisotopic (exact) mass is 414 g/mol. The maximum Gasteiger partial charge on any atom is 0.161 e. The Hall–Kier alpha value is -2.69. The van der Waals surface area contributed by atoms with Crippen LogP contribution in [-0.4, -0.2) is 13.3 Å². The largest absolute Gasteiger partial charge is 0.493 e. The van der Waals surface area contributed by atoms with Gasteiger partial charge in [0.25, 0.3) is 0 Å². The third-order valence-corrected chi connectivity index (χ3v) is 4.46. The van der Waals surface area contributed by atoms with Gasteiger partial charge < -0.3 is 14.9 Å². The van der Waals surface area contributed by atoms with Crippen molar-refractivity contribution >= 4 is 29.4 Å². The average molecular weight is 415 g/mol. The third-order valence-electron chi connectivity index (χ3n) is 3.97. The first-order valence-electron chi connectivity index (χ1n) is 8.70. The molecular weight excluding hydrogens is 395 g/mol. The molecular formula is C22H20Cl2N2O2. The lowest BCUT2D eigenvalue weighted by Gasteiger charge is -2.11. The van der Waals surface area contributed by atoms with Crippen LogP contribution in [0.2, 0.25) is 10.0 Å². The van der Waals surface area contributed by atoms with Crippen LogP contribution in [0.3, 0.4) is 0 Å². The van der Waals surface area contributed by atoms with Crippen LogP contribution >= 0.6 is 23.2 Å². The van der Waals surface area contributed by atoms with Gasteiger partial charge in [-0.15, -0.1) is 0 Å². The summed E-state index contributed by atoms with van der Waals surface area (Å²) in [6.45, 7) is 1.03. The molecule has 3 rings (SSSR count). The maximum absolute atomic E-state index is 6.01. The lowest BCUT2D eigenvalue weighted by molar-refractivity contribution is 0.284. The summed E-state index contributed by atoms with van der Waals surface area (Å²) < 4.78 is 11.3. The molecule has 3 aromatic rings. The first kappa shape index (κ1) is 20.1. The molecule has 0 aromatic heterocycles. The number of hydrazone groups is 1. The first-order valence-corrected chi connectivity index (χ1v) is 9.45. The normalized spacial score (nSPS) is 10.8. The molecule has 0 aliphatic carbocycles. The van der Waals surface area contributed by atoms with E-state index in [1.807, 2.05) is 66.7 Å². The number of nitrogens with zero attached hydrogens (tertiary/aromatic N) is 1. The lowest BCUT2D eigenvalue weighted by Crippen LogP contribution is -2.05. The number of methoxy groups -OCH3 is 1. The topological polar surface area (TPSA) is 42.8 Å². The predicted octanol–water partition coefficient (Wildman–Crippen LogP) is 5.70. The van der Waals surface area contributed by atoms with Crippen molar-refractivity contribution < 1.29 is 9.47 Å². The van der Waals surface area contributed by atoms with Gasteiger partial charge in [-0.05, 0) is 59.2 Å². The summed E-state index contributed by atoms with van der Waals surface area (Å²) in [4.78, 5) is 0. The molecule has 0 saturated carbocycles. The number of rotatable bonds is 8. The van der Waals surface area contributed by atoms with Gasteiger partial charge in [0.05, 0.1) is 19.9 Å². The molecule has 0 unspecified atom stereocenters. The fourth-order valence-electron chi connectivity index (χ4n) is 2.53. The van der Waals surface area contributed by atoms with E-state index in [2.05, 4.69) is 10.5 Å². The average Bonchev–Trinajstić information content (AvgIpc) is 2.71. The highest BCUT2D eigenvalue weighted by Gasteiger charge is 2.06. The van der Waals surface area contributed by atoms with E-state index in [4.69, 9.17) is 32.7 Å². The minimum Gasteiger partial charge on any atom is -0.493 e. The molecule has 0 atom stereocenters. The van der Waals surface area contributed by atoms with Crippen molar-refractivity contribution in [1.29, 1.82) is 0 Å². The zero-order chi connectivity index (χ0) is 19.8. The summed E-state index contributed by atoms with van der Waals surface area (Å²) >= 11 is 11.9. The van der Waals surface area contributed by atoms with Crippen LogP contribution in [0.25, 0.3) is 0 Å². The van der Waals surface area contributed by atoms with E-state index >= 15 is 0 Å². The van der Waals surface area contributed by atoms with E-state index in [-0.39, 0.29) is 0 Å². The van der Waals surface area contributed by atoms with Gasteiger partial charge in [0.1, 0.15) is 6.61 Å². The van der Waals surface area contributed by atoms with Gasteiger partial charge in [0.15, 0.2) is 11.5 Å². The van der Waals surface area contributed by atoms with E-state index in [1.54, 1.807) is 13.3 Å². The summed E-state index contributed by atoms with van der Waals surface area (Å²) in [5.41, 5.74) is 6.01. The molecule has 0 heterocycles. The van der Waals surface area contributed by atoms with E-state index in [9.17, 15) is 0 Å². The van der Waals surface area contributed by atoms with Crippen LogP contribution < -0.4 is 14.9 Å². The van der Waals surface area contributed by atoms with Gasteiger partial charge in [-0.25, -0.2) is 0 Å². The Morgan fingerprint density at radius 1 is 0.893 bits per heavy atom. The summed E-state index contributed by atoms with van der Waals surface area (Å²) in [7, 11) is 1.61. The zero-order valence-corrected chi connectivity index (χ0v) is 16.9. The molecule has 0 radical (unpaired) electrons. The fraction of sp³-hybridized carbons (Fsp3) is 0.136. The Labute approximate surface area is 174 Å². The minimum absolute atomic E-state index is 0.410. The molecule has 144 valence electrons. The number of hydrogen-bond donors (Lipinski definition) is 1. The van der Waals surface area contributed by atoms with Crippen LogP contribution in [0.1, 0.15) is 16.7 Å². The Bertz CT molecular complexity index is 944. The predicted molar refractivity (Wildman–Crippen MR) is 115 cm³/mol. The van der Waals surface area contributed by atoms with Gasteiger partial charge >= 0.3 is 0 Å². The second-order valence-corrected chi connectivity index (χ2v) is 6.92. The molecule has 1 N–H and O–H groups in total. The molecule has 0 saturated heterocycles. The number of benzene rings is 3. The summed E-state index contributed by atoms with van der Waals surface area (Å²) in [5.74, 6) is 1.30. The highest BCUT2D eigenvalue weighted by molar-refractivity contribution is 6.30. The second kappa shape index (κ2) is 10.0. The summed E-state index contributed by atoms with van der Waals surface area (Å²) in [6, 6.07) is 20.9. The molecule has 0 amide bonds. The fourth-order valence-corrected chi connectivity index (χ4v) is 2.87. The van der Waals surface area contributed by atoms with Gasteiger partial charge in [-0.3, -0.25) is 0 Å². The standard InChI is InChI=1S/C22H20Cl2N2O2/c1-27-22-12-17(14-26-25-13-16-5-8-19(23)9-6-16)7-10-21(22)28-15-18-3-2-4-20(24)11-18/h2-12,14,25H,13,15H2,1H3/b26-14-. The number of hydrogen-bond acceptors (Lipinski definition) is 4. The van der Waals surface area contributed by atoms with Gasteiger partial charge in [-0.1, -0.05) is 47.5 Å². The zero-order valence-electron chi connectivity index (χ0n) is 15.4. The molecule has 0 aliphatic heterocycles. The van der Waals surface area contributed by atoms with Gasteiger partial charge in [0.2, 0.25) is 0 Å². The Balaban J connectivity index is 1.58. The van der Waals surface area contributed by atoms with E-state index in [0.29, 0.717) is 29.7 Å². The van der Waals surface area contributed by atoms with Crippen LogP contribution in [0.15, 0.2) is 71.8 Å². The quantitative estimate of drug-likeness (QED) is 0.379. The number of ether oxygens (including phenoxy) is 2. The van der Waals surface area contributed by atoms with Crippen molar-refractivity contribution in [2.45, 2.75) is 13.2 Å². The molecule has 6 heteroatoms. The lowest BCUT2D eigenvalue weighted by atomic mass is 10.2. The molecule has 0 fully saturated rings. The summed E-state index contributed by atoms with van der Waals surface area (Å²) in [6.07, 6.45) is 1.74. The molecule has 0 aliphatic rings. The molecule has 0 spiro atoms. The van der Waals surface area contributed by atoms with Gasteiger partial charge in [-0.2, -0.15) is 5.10 Å². The second-order valence-electron chi connectivity index (χ2n) is 6.05. The van der Waals surface area contributed by atoms with Crippen molar-refractivity contribution in [2.24, 2.45) is 5.10 Å². The molecule has 4 nitrogen and oxygen atoms in total. The van der Waals surface area contributed by atoms with Crippen LogP contribution in [0.5, 0.6) is 11.5 Å². The highest BCUT2D eigenvalue weighted by atomic mass is 35.5. The number of halogens is 2. The Morgan fingerprint density at radius 2 is 1.71 bits per heavy atom. The van der Waals surface area contributed by atoms with E-state index < -0.39 is 0 Å². The number of nitrogens with one attached hydrogen (secondary N) is 1. The Morgan fingerprint density at radius 3 is 2.46 bits per heavy atom.